The van der Waals surface area contributed by atoms with Crippen LogP contribution in [0.1, 0.15) is 46.1 Å². The van der Waals surface area contributed by atoms with Crippen LogP contribution in [-0.2, 0) is 10.2 Å². The summed E-state index contributed by atoms with van der Waals surface area (Å²) in [6.07, 6.45) is 1.16. The maximum Gasteiger partial charge on any atom is 0.230 e. The van der Waals surface area contributed by atoms with E-state index < -0.39 is 17.3 Å². The number of carbonyl (C=O) groups is 1. The molecule has 118 valence electrons. The molecule has 0 fully saturated rings. The quantitative estimate of drug-likeness (QED) is 0.812. The zero-order valence-corrected chi connectivity index (χ0v) is 13.3. The Kier molecular flexibility index (Phi) is 6.34. The fraction of sp³-hybridized carbons (Fsp3) is 0.588. The third-order valence-corrected chi connectivity index (χ3v) is 4.18. The maximum atomic E-state index is 13.9. The van der Waals surface area contributed by atoms with Gasteiger partial charge in [0, 0.05) is 12.1 Å². The lowest BCUT2D eigenvalue weighted by Crippen LogP contribution is -2.44. The number of amides is 1. The van der Waals surface area contributed by atoms with Crippen LogP contribution in [0.2, 0.25) is 0 Å². The fourth-order valence-electron chi connectivity index (χ4n) is 2.51. The summed E-state index contributed by atoms with van der Waals surface area (Å²) in [5.41, 5.74) is -0.613. The van der Waals surface area contributed by atoms with Gasteiger partial charge in [0.05, 0.1) is 11.5 Å². The molecule has 0 spiro atoms. The van der Waals surface area contributed by atoms with Gasteiger partial charge in [-0.15, -0.1) is 0 Å². The summed E-state index contributed by atoms with van der Waals surface area (Å²) in [5.74, 6) is -0.502. The van der Waals surface area contributed by atoms with Crippen LogP contribution in [0.5, 0.6) is 0 Å². The Morgan fingerprint density at radius 1 is 1.29 bits per heavy atom. The van der Waals surface area contributed by atoms with Crippen LogP contribution in [0.4, 0.5) is 4.39 Å². The van der Waals surface area contributed by atoms with Gasteiger partial charge < -0.3 is 10.4 Å². The molecule has 1 rings (SSSR count). The number of hydrogen-bond acceptors (Lipinski definition) is 2. The Morgan fingerprint density at radius 2 is 1.86 bits per heavy atom. The molecule has 4 heteroatoms. The van der Waals surface area contributed by atoms with Gasteiger partial charge in [-0.1, -0.05) is 44.9 Å². The van der Waals surface area contributed by atoms with E-state index in [0.717, 1.165) is 12.8 Å². The van der Waals surface area contributed by atoms with E-state index in [2.05, 4.69) is 5.32 Å². The minimum absolute atomic E-state index is 0.168. The van der Waals surface area contributed by atoms with Crippen LogP contribution in [0, 0.1) is 11.7 Å². The summed E-state index contributed by atoms with van der Waals surface area (Å²) >= 11 is 0. The summed E-state index contributed by atoms with van der Waals surface area (Å²) < 4.78 is 13.9. The predicted octanol–water partition coefficient (Wildman–Crippen LogP) is 3.02. The fourth-order valence-corrected chi connectivity index (χ4v) is 2.51. The summed E-state index contributed by atoms with van der Waals surface area (Å²) in [4.78, 5) is 12.3. The van der Waals surface area contributed by atoms with Crippen LogP contribution >= 0.6 is 0 Å². The van der Waals surface area contributed by atoms with Gasteiger partial charge in [-0.3, -0.25) is 4.79 Å². The minimum atomic E-state index is -0.973. The third-order valence-electron chi connectivity index (χ3n) is 4.18. The Hall–Kier alpha value is -1.42. The summed E-state index contributed by atoms with van der Waals surface area (Å²) in [6, 6.07) is 6.28. The first kappa shape index (κ1) is 17.6. The van der Waals surface area contributed by atoms with E-state index in [1.807, 2.05) is 13.8 Å². The first-order valence-corrected chi connectivity index (χ1v) is 7.55. The standard InChI is InChI=1S/C17H26FNO2/c1-5-12(6-2)15(20)11-19-16(21)17(3,4)13-9-7-8-10-14(13)18/h7-10,12,15,20H,5-6,11H2,1-4H3,(H,19,21). The first-order valence-electron chi connectivity index (χ1n) is 7.55. The second-order valence-electron chi connectivity index (χ2n) is 5.96. The molecular formula is C17H26FNO2. The molecule has 21 heavy (non-hydrogen) atoms. The number of carbonyl (C=O) groups excluding carboxylic acids is 1. The van der Waals surface area contributed by atoms with E-state index in [9.17, 15) is 14.3 Å². The van der Waals surface area contributed by atoms with Crippen LogP contribution in [0.3, 0.4) is 0 Å². The van der Waals surface area contributed by atoms with E-state index >= 15 is 0 Å². The largest absolute Gasteiger partial charge is 0.391 e. The molecule has 0 saturated heterocycles. The lowest BCUT2D eigenvalue weighted by atomic mass is 9.83. The van der Waals surface area contributed by atoms with Crippen molar-refractivity contribution in [2.24, 2.45) is 5.92 Å². The monoisotopic (exact) mass is 295 g/mol. The van der Waals surface area contributed by atoms with Crippen LogP contribution in [0.15, 0.2) is 24.3 Å². The number of rotatable bonds is 7. The van der Waals surface area contributed by atoms with Gasteiger partial charge in [0.15, 0.2) is 0 Å². The molecule has 0 aromatic heterocycles. The highest BCUT2D eigenvalue weighted by Gasteiger charge is 2.32. The van der Waals surface area contributed by atoms with Crippen molar-refractivity contribution in [1.29, 1.82) is 0 Å². The molecule has 0 bridgehead atoms. The molecule has 0 aliphatic carbocycles. The Balaban J connectivity index is 2.73. The second kappa shape index (κ2) is 7.55. The number of aliphatic hydroxyl groups excluding tert-OH is 1. The van der Waals surface area contributed by atoms with Crippen molar-refractivity contribution in [3.63, 3.8) is 0 Å². The predicted molar refractivity (Wildman–Crippen MR) is 82.5 cm³/mol. The number of hydrogen-bond donors (Lipinski definition) is 2. The lowest BCUT2D eigenvalue weighted by Gasteiger charge is -2.27. The average molecular weight is 295 g/mol. The second-order valence-corrected chi connectivity index (χ2v) is 5.96. The summed E-state index contributed by atoms with van der Waals surface area (Å²) in [6.45, 7) is 7.60. The van der Waals surface area contributed by atoms with E-state index in [1.54, 1.807) is 32.0 Å². The summed E-state index contributed by atoms with van der Waals surface area (Å²) in [7, 11) is 0. The topological polar surface area (TPSA) is 49.3 Å². The van der Waals surface area contributed by atoms with Gasteiger partial charge in [-0.25, -0.2) is 4.39 Å². The molecule has 1 unspecified atom stereocenters. The van der Waals surface area contributed by atoms with Crippen molar-refractivity contribution in [2.75, 3.05) is 6.54 Å². The SMILES string of the molecule is CCC(CC)C(O)CNC(=O)C(C)(C)c1ccccc1F. The molecule has 0 radical (unpaired) electrons. The highest BCUT2D eigenvalue weighted by Crippen LogP contribution is 2.26. The van der Waals surface area contributed by atoms with Crippen molar-refractivity contribution in [1.82, 2.24) is 5.32 Å². The highest BCUT2D eigenvalue weighted by molar-refractivity contribution is 5.87. The van der Waals surface area contributed by atoms with Crippen molar-refractivity contribution in [3.05, 3.63) is 35.6 Å². The van der Waals surface area contributed by atoms with Crippen LogP contribution in [0.25, 0.3) is 0 Å². The normalized spacial score (nSPS) is 13.3. The van der Waals surface area contributed by atoms with Gasteiger partial charge in [0.25, 0.3) is 0 Å². The van der Waals surface area contributed by atoms with Crippen LogP contribution in [-0.4, -0.2) is 23.7 Å². The van der Waals surface area contributed by atoms with Gasteiger partial charge in [0.2, 0.25) is 5.91 Å². The third kappa shape index (κ3) is 4.27. The number of nitrogens with one attached hydrogen (secondary N) is 1. The molecule has 2 N–H and O–H groups in total. The number of aliphatic hydroxyl groups is 1. The van der Waals surface area contributed by atoms with E-state index in [-0.39, 0.29) is 18.4 Å². The molecule has 0 heterocycles. The molecule has 0 aliphatic rings. The minimum Gasteiger partial charge on any atom is -0.391 e. The Morgan fingerprint density at radius 3 is 2.38 bits per heavy atom. The van der Waals surface area contributed by atoms with E-state index in [0.29, 0.717) is 5.56 Å². The lowest BCUT2D eigenvalue weighted by molar-refractivity contribution is -0.126. The van der Waals surface area contributed by atoms with E-state index in [4.69, 9.17) is 0 Å². The van der Waals surface area contributed by atoms with Gasteiger partial charge in [-0.05, 0) is 25.8 Å². The zero-order chi connectivity index (χ0) is 16.0. The van der Waals surface area contributed by atoms with Crippen molar-refractivity contribution >= 4 is 5.91 Å². The molecule has 1 aromatic carbocycles. The smallest absolute Gasteiger partial charge is 0.230 e. The number of halogens is 1. The molecule has 1 atom stereocenters. The van der Waals surface area contributed by atoms with Crippen molar-refractivity contribution in [2.45, 2.75) is 52.1 Å². The van der Waals surface area contributed by atoms with Crippen molar-refractivity contribution < 1.29 is 14.3 Å². The average Bonchev–Trinajstić information content (AvgIpc) is 2.46. The molecule has 0 saturated carbocycles. The van der Waals surface area contributed by atoms with E-state index in [1.165, 1.54) is 6.07 Å². The Bertz CT molecular complexity index is 470. The zero-order valence-electron chi connectivity index (χ0n) is 13.3. The van der Waals surface area contributed by atoms with Crippen molar-refractivity contribution in [3.8, 4) is 0 Å². The molecule has 1 amide bonds. The van der Waals surface area contributed by atoms with Gasteiger partial charge in [-0.2, -0.15) is 0 Å². The molecule has 1 aromatic rings. The van der Waals surface area contributed by atoms with Gasteiger partial charge >= 0.3 is 0 Å². The van der Waals surface area contributed by atoms with Crippen LogP contribution < -0.4 is 5.32 Å². The molecule has 3 nitrogen and oxygen atoms in total. The molecular weight excluding hydrogens is 269 g/mol. The Labute approximate surface area is 126 Å². The molecule has 0 aliphatic heterocycles. The maximum absolute atomic E-state index is 13.9. The number of benzene rings is 1. The summed E-state index contributed by atoms with van der Waals surface area (Å²) in [5, 5.41) is 12.8. The van der Waals surface area contributed by atoms with Gasteiger partial charge in [0.1, 0.15) is 5.82 Å². The first-order chi connectivity index (χ1) is 9.84. The highest BCUT2D eigenvalue weighted by atomic mass is 19.1.